The van der Waals surface area contributed by atoms with Gasteiger partial charge in [-0.15, -0.1) is 0 Å². The number of hydrogen-bond acceptors (Lipinski definition) is 2. The Balaban J connectivity index is 1.65. The van der Waals surface area contributed by atoms with E-state index in [1.165, 1.54) is 48.8 Å². The molecule has 1 aromatic rings. The van der Waals surface area contributed by atoms with Crippen molar-refractivity contribution >= 4 is 6.16 Å². The summed E-state index contributed by atoms with van der Waals surface area (Å²) in [5, 5.41) is 8.78. The van der Waals surface area contributed by atoms with Crippen molar-refractivity contribution in [3.8, 4) is 5.75 Å². The molecule has 2 saturated carbocycles. The fourth-order valence-electron chi connectivity index (χ4n) is 5.63. The molecule has 3 nitrogen and oxygen atoms in total. The maximum Gasteiger partial charge on any atom is 0.511 e. The van der Waals surface area contributed by atoms with Crippen LogP contribution in [0.3, 0.4) is 0 Å². The summed E-state index contributed by atoms with van der Waals surface area (Å²) >= 11 is 0. The largest absolute Gasteiger partial charge is 0.511 e. The number of aryl methyl sites for hydroxylation is 1. The molecule has 0 aliphatic heterocycles. The maximum atomic E-state index is 10.7. The molecular formula is C20H24O3. The molecule has 23 heavy (non-hydrogen) atoms. The lowest BCUT2D eigenvalue weighted by molar-refractivity contribution is 0.0816. The monoisotopic (exact) mass is 312 g/mol. The third-order valence-corrected chi connectivity index (χ3v) is 6.86. The Hall–Kier alpha value is -1.77. The fraction of sp³-hybridized carbons (Fsp3) is 0.550. The Kier molecular flexibility index (Phi) is 3.29. The van der Waals surface area contributed by atoms with Gasteiger partial charge in [0.1, 0.15) is 5.75 Å². The zero-order valence-electron chi connectivity index (χ0n) is 13.7. The van der Waals surface area contributed by atoms with E-state index in [4.69, 9.17) is 9.84 Å². The molecule has 0 saturated heterocycles. The van der Waals surface area contributed by atoms with Crippen LogP contribution in [-0.2, 0) is 6.42 Å². The van der Waals surface area contributed by atoms with Crippen LogP contribution >= 0.6 is 0 Å². The Labute approximate surface area is 137 Å². The van der Waals surface area contributed by atoms with Crippen molar-refractivity contribution in [2.24, 2.45) is 17.3 Å². The van der Waals surface area contributed by atoms with Gasteiger partial charge in [-0.2, -0.15) is 0 Å². The molecule has 0 amide bonds. The number of ether oxygens (including phenoxy) is 1. The first-order chi connectivity index (χ1) is 11.0. The highest BCUT2D eigenvalue weighted by molar-refractivity contribution is 5.61. The molecule has 4 atom stereocenters. The van der Waals surface area contributed by atoms with Crippen molar-refractivity contribution in [2.45, 2.75) is 51.4 Å². The lowest BCUT2D eigenvalue weighted by Crippen LogP contribution is -2.40. The summed E-state index contributed by atoms with van der Waals surface area (Å²) in [6, 6.07) is 5.86. The predicted molar refractivity (Wildman–Crippen MR) is 88.9 cm³/mol. The normalized spacial score (nSPS) is 35.2. The maximum absolute atomic E-state index is 10.7. The van der Waals surface area contributed by atoms with Crippen molar-refractivity contribution < 1.29 is 14.6 Å². The van der Waals surface area contributed by atoms with Crippen LogP contribution < -0.4 is 4.74 Å². The molecule has 4 rings (SSSR count). The Morgan fingerprint density at radius 2 is 2.13 bits per heavy atom. The van der Waals surface area contributed by atoms with Crippen LogP contribution in [0.4, 0.5) is 4.79 Å². The lowest BCUT2D eigenvalue weighted by atomic mass is 9.55. The SMILES string of the molecule is C=C1CC[C@H]2[C@@H]3CCc4cc(OC(=O)O)ccc4[C@H]3CC[C@]12C. The Bertz CT molecular complexity index is 677. The summed E-state index contributed by atoms with van der Waals surface area (Å²) in [4.78, 5) is 10.7. The minimum atomic E-state index is -1.24. The van der Waals surface area contributed by atoms with Crippen LogP contribution in [0.1, 0.15) is 56.1 Å². The van der Waals surface area contributed by atoms with Crippen LogP contribution in [0, 0.1) is 17.3 Å². The van der Waals surface area contributed by atoms with E-state index in [9.17, 15) is 4.79 Å². The lowest BCUT2D eigenvalue weighted by Gasteiger charge is -2.49. The minimum Gasteiger partial charge on any atom is -0.449 e. The van der Waals surface area contributed by atoms with E-state index in [2.05, 4.69) is 19.6 Å². The third-order valence-electron chi connectivity index (χ3n) is 6.86. The number of benzene rings is 1. The first-order valence-corrected chi connectivity index (χ1v) is 8.71. The molecule has 3 aliphatic carbocycles. The van der Waals surface area contributed by atoms with Gasteiger partial charge in [-0.05, 0) is 85.0 Å². The number of rotatable bonds is 1. The van der Waals surface area contributed by atoms with Crippen molar-refractivity contribution in [3.63, 3.8) is 0 Å². The van der Waals surface area contributed by atoms with Crippen molar-refractivity contribution in [1.82, 2.24) is 0 Å². The number of fused-ring (bicyclic) bond motifs is 5. The Morgan fingerprint density at radius 3 is 2.91 bits per heavy atom. The molecule has 0 radical (unpaired) electrons. The molecule has 2 fully saturated rings. The summed E-state index contributed by atoms with van der Waals surface area (Å²) in [7, 11) is 0. The highest BCUT2D eigenvalue weighted by Crippen LogP contribution is 2.62. The van der Waals surface area contributed by atoms with Gasteiger partial charge in [-0.25, -0.2) is 4.79 Å². The van der Waals surface area contributed by atoms with Crippen LogP contribution in [0.5, 0.6) is 5.75 Å². The van der Waals surface area contributed by atoms with E-state index in [1.807, 2.05) is 12.1 Å². The summed E-state index contributed by atoms with van der Waals surface area (Å²) in [6.07, 6.45) is 5.97. The van der Waals surface area contributed by atoms with Crippen LogP contribution in [-0.4, -0.2) is 11.3 Å². The van der Waals surface area contributed by atoms with E-state index in [0.29, 0.717) is 17.1 Å². The smallest absolute Gasteiger partial charge is 0.449 e. The van der Waals surface area contributed by atoms with Crippen LogP contribution in [0.2, 0.25) is 0 Å². The third kappa shape index (κ3) is 2.20. The highest BCUT2D eigenvalue weighted by Gasteiger charge is 2.51. The molecule has 1 N–H and O–H groups in total. The summed E-state index contributed by atoms with van der Waals surface area (Å²) in [5.41, 5.74) is 4.53. The number of hydrogen-bond donors (Lipinski definition) is 1. The molecule has 0 spiro atoms. The van der Waals surface area contributed by atoms with E-state index in [-0.39, 0.29) is 0 Å². The average molecular weight is 312 g/mol. The molecule has 0 bridgehead atoms. The molecule has 3 aliphatic rings. The zero-order chi connectivity index (χ0) is 16.2. The summed E-state index contributed by atoms with van der Waals surface area (Å²) in [6.45, 7) is 6.79. The predicted octanol–water partition coefficient (Wildman–Crippen LogP) is 5.16. The van der Waals surface area contributed by atoms with Gasteiger partial charge in [0.2, 0.25) is 0 Å². The molecule has 122 valence electrons. The summed E-state index contributed by atoms with van der Waals surface area (Å²) in [5.74, 6) is 2.61. The van der Waals surface area contributed by atoms with E-state index >= 15 is 0 Å². The van der Waals surface area contributed by atoms with Crippen LogP contribution in [0.25, 0.3) is 0 Å². The second-order valence-corrected chi connectivity index (χ2v) is 7.74. The zero-order valence-corrected chi connectivity index (χ0v) is 13.7. The average Bonchev–Trinajstić information content (AvgIpc) is 2.82. The quantitative estimate of drug-likeness (QED) is 0.443. The molecule has 1 aromatic carbocycles. The van der Waals surface area contributed by atoms with Crippen LogP contribution in [0.15, 0.2) is 30.4 Å². The van der Waals surface area contributed by atoms with Gasteiger partial charge in [0.05, 0.1) is 0 Å². The first-order valence-electron chi connectivity index (χ1n) is 8.71. The van der Waals surface area contributed by atoms with Crippen molar-refractivity contribution in [3.05, 3.63) is 41.5 Å². The fourth-order valence-corrected chi connectivity index (χ4v) is 5.63. The van der Waals surface area contributed by atoms with E-state index < -0.39 is 6.16 Å². The summed E-state index contributed by atoms with van der Waals surface area (Å²) < 4.78 is 4.82. The van der Waals surface area contributed by atoms with Gasteiger partial charge in [0.15, 0.2) is 0 Å². The molecule has 0 aromatic heterocycles. The molecular weight excluding hydrogens is 288 g/mol. The van der Waals surface area contributed by atoms with Gasteiger partial charge >= 0.3 is 6.16 Å². The van der Waals surface area contributed by atoms with Crippen molar-refractivity contribution in [2.75, 3.05) is 0 Å². The van der Waals surface area contributed by atoms with Gasteiger partial charge in [-0.3, -0.25) is 0 Å². The minimum absolute atomic E-state index is 0.352. The standard InChI is InChI=1S/C20H24O3/c1-12-3-8-18-17-6-4-13-11-14(23-19(21)22)5-7-15(13)16(17)9-10-20(12,18)2/h5,7,11,16-18H,1,3-4,6,8-10H2,2H3,(H,21,22)/t16-,17-,18+,20-/m1/s1. The van der Waals surface area contributed by atoms with Crippen molar-refractivity contribution in [1.29, 1.82) is 0 Å². The molecule has 3 heteroatoms. The highest BCUT2D eigenvalue weighted by atomic mass is 16.7. The first kappa shape index (κ1) is 14.8. The second kappa shape index (κ2) is 5.12. The van der Waals surface area contributed by atoms with Gasteiger partial charge in [0, 0.05) is 0 Å². The molecule has 0 unspecified atom stereocenters. The number of allylic oxidation sites excluding steroid dienone is 1. The molecule has 0 heterocycles. The van der Waals surface area contributed by atoms with Gasteiger partial charge < -0.3 is 9.84 Å². The number of carboxylic acid groups (broad SMARTS) is 1. The van der Waals surface area contributed by atoms with Gasteiger partial charge in [0.25, 0.3) is 0 Å². The van der Waals surface area contributed by atoms with E-state index in [1.54, 1.807) is 0 Å². The van der Waals surface area contributed by atoms with E-state index in [0.717, 1.165) is 18.3 Å². The number of carbonyl (C=O) groups is 1. The second-order valence-electron chi connectivity index (χ2n) is 7.74. The van der Waals surface area contributed by atoms with Gasteiger partial charge in [-0.1, -0.05) is 25.1 Å². The topological polar surface area (TPSA) is 46.5 Å². The Morgan fingerprint density at radius 1 is 1.30 bits per heavy atom.